The number of rotatable bonds is 6. The molecule has 0 unspecified atom stereocenters. The lowest BCUT2D eigenvalue weighted by Gasteiger charge is -2.24. The van der Waals surface area contributed by atoms with Crippen molar-refractivity contribution in [2.45, 2.75) is 25.8 Å². The minimum Gasteiger partial charge on any atom is -0.370 e. The molecule has 1 aromatic carbocycles. The van der Waals surface area contributed by atoms with Crippen LogP contribution in [0, 0.1) is 0 Å². The molecule has 1 aliphatic heterocycles. The van der Waals surface area contributed by atoms with E-state index >= 15 is 0 Å². The van der Waals surface area contributed by atoms with Crippen LogP contribution in [0.15, 0.2) is 30.3 Å². The van der Waals surface area contributed by atoms with Crippen LogP contribution in [-0.4, -0.2) is 44.8 Å². The number of ether oxygens (including phenoxy) is 1. The molecule has 1 amide bonds. The lowest BCUT2D eigenvalue weighted by atomic mass is 10.1. The van der Waals surface area contributed by atoms with Gasteiger partial charge in [-0.05, 0) is 25.3 Å². The first-order valence-corrected chi connectivity index (χ1v) is 7.48. The number of nitrogens with one attached hydrogen (secondary N) is 2. The highest BCUT2D eigenvalue weighted by Crippen LogP contribution is 2.04. The predicted molar refractivity (Wildman–Crippen MR) is 78.8 cm³/mol. The van der Waals surface area contributed by atoms with Crippen LogP contribution in [0.3, 0.4) is 0 Å². The van der Waals surface area contributed by atoms with Gasteiger partial charge in [0.05, 0.1) is 13.2 Å². The number of morpholine rings is 1. The first kappa shape index (κ1) is 15.0. The molecule has 0 radical (unpaired) electrons. The third-order valence-electron chi connectivity index (χ3n) is 3.73. The fraction of sp³-hybridized carbons (Fsp3) is 0.562. The molecule has 1 heterocycles. The predicted octanol–water partition coefficient (Wildman–Crippen LogP) is 0.0390. The van der Waals surface area contributed by atoms with Crippen molar-refractivity contribution in [3.8, 4) is 0 Å². The minimum absolute atomic E-state index is 0.155. The highest BCUT2D eigenvalue weighted by atomic mass is 16.5. The van der Waals surface area contributed by atoms with Gasteiger partial charge in [0, 0.05) is 6.04 Å². The Morgan fingerprint density at radius 3 is 2.70 bits per heavy atom. The second-order valence-electron chi connectivity index (χ2n) is 5.53. The quantitative estimate of drug-likeness (QED) is 0.771. The Balaban J connectivity index is 1.65. The molecule has 0 bridgehead atoms. The molecule has 1 saturated heterocycles. The van der Waals surface area contributed by atoms with Gasteiger partial charge >= 0.3 is 0 Å². The van der Waals surface area contributed by atoms with Crippen LogP contribution in [-0.2, 0) is 16.0 Å². The summed E-state index contributed by atoms with van der Waals surface area (Å²) < 4.78 is 5.30. The van der Waals surface area contributed by atoms with E-state index in [9.17, 15) is 4.79 Å². The number of hydrogen-bond acceptors (Lipinski definition) is 2. The maximum atomic E-state index is 12.0. The zero-order valence-electron chi connectivity index (χ0n) is 12.2. The normalized spacial score (nSPS) is 17.6. The van der Waals surface area contributed by atoms with Crippen molar-refractivity contribution < 1.29 is 14.4 Å². The number of benzene rings is 1. The summed E-state index contributed by atoms with van der Waals surface area (Å²) in [7, 11) is 0. The molecule has 4 nitrogen and oxygen atoms in total. The van der Waals surface area contributed by atoms with Crippen molar-refractivity contribution in [2.24, 2.45) is 0 Å². The number of amides is 1. The Bertz CT molecular complexity index is 402. The maximum absolute atomic E-state index is 12.0. The first-order valence-electron chi connectivity index (χ1n) is 7.48. The van der Waals surface area contributed by atoms with Gasteiger partial charge in [-0.15, -0.1) is 0 Å². The Morgan fingerprint density at radius 1 is 1.30 bits per heavy atom. The first-order chi connectivity index (χ1) is 9.74. The molecule has 0 aliphatic carbocycles. The lowest BCUT2D eigenvalue weighted by Crippen LogP contribution is -3.15. The molecule has 0 saturated carbocycles. The minimum atomic E-state index is 0.155. The topological polar surface area (TPSA) is 42.8 Å². The van der Waals surface area contributed by atoms with Crippen molar-refractivity contribution in [3.63, 3.8) is 0 Å². The van der Waals surface area contributed by atoms with Crippen molar-refractivity contribution in [1.82, 2.24) is 5.32 Å². The molecule has 1 atom stereocenters. The summed E-state index contributed by atoms with van der Waals surface area (Å²) in [5.41, 5.74) is 1.33. The summed E-state index contributed by atoms with van der Waals surface area (Å²) in [4.78, 5) is 13.3. The molecule has 20 heavy (non-hydrogen) atoms. The molecule has 4 heteroatoms. The van der Waals surface area contributed by atoms with Gasteiger partial charge in [0.15, 0.2) is 6.54 Å². The highest BCUT2D eigenvalue weighted by Gasteiger charge is 2.18. The van der Waals surface area contributed by atoms with Crippen molar-refractivity contribution in [2.75, 3.05) is 32.8 Å². The van der Waals surface area contributed by atoms with Gasteiger partial charge in [0.1, 0.15) is 13.1 Å². The molecule has 110 valence electrons. The summed E-state index contributed by atoms with van der Waals surface area (Å²) in [6.45, 7) is 6.06. The van der Waals surface area contributed by atoms with Gasteiger partial charge in [-0.25, -0.2) is 0 Å². The highest BCUT2D eigenvalue weighted by molar-refractivity contribution is 5.77. The van der Waals surface area contributed by atoms with Crippen LogP contribution in [0.1, 0.15) is 18.9 Å². The van der Waals surface area contributed by atoms with E-state index in [1.54, 1.807) is 0 Å². The Hall–Kier alpha value is -1.39. The second kappa shape index (κ2) is 8.02. The molecule has 1 fully saturated rings. The van der Waals surface area contributed by atoms with E-state index in [4.69, 9.17) is 4.74 Å². The summed E-state index contributed by atoms with van der Waals surface area (Å²) in [6, 6.07) is 10.6. The van der Waals surface area contributed by atoms with Crippen molar-refractivity contribution in [1.29, 1.82) is 0 Å². The van der Waals surface area contributed by atoms with Gasteiger partial charge < -0.3 is 15.0 Å². The third-order valence-corrected chi connectivity index (χ3v) is 3.73. The molecule has 0 spiro atoms. The van der Waals surface area contributed by atoms with Crippen molar-refractivity contribution in [3.05, 3.63) is 35.9 Å². The largest absolute Gasteiger partial charge is 0.370 e. The van der Waals surface area contributed by atoms with Gasteiger partial charge in [-0.2, -0.15) is 0 Å². The fourth-order valence-electron chi connectivity index (χ4n) is 2.49. The van der Waals surface area contributed by atoms with Gasteiger partial charge in [0.2, 0.25) is 0 Å². The summed E-state index contributed by atoms with van der Waals surface area (Å²) in [5.74, 6) is 0.155. The van der Waals surface area contributed by atoms with E-state index < -0.39 is 0 Å². The molecule has 1 aromatic rings. The van der Waals surface area contributed by atoms with E-state index in [0.29, 0.717) is 6.54 Å². The lowest BCUT2D eigenvalue weighted by molar-refractivity contribution is -0.900. The Labute approximate surface area is 121 Å². The Morgan fingerprint density at radius 2 is 2.00 bits per heavy atom. The number of carbonyl (C=O) groups excluding carboxylic acids is 1. The van der Waals surface area contributed by atoms with Crippen LogP contribution in [0.2, 0.25) is 0 Å². The maximum Gasteiger partial charge on any atom is 0.275 e. The van der Waals surface area contributed by atoms with Crippen LogP contribution in [0.4, 0.5) is 0 Å². The number of carbonyl (C=O) groups is 1. The Kier molecular flexibility index (Phi) is 6.02. The van der Waals surface area contributed by atoms with Gasteiger partial charge in [-0.3, -0.25) is 4.79 Å². The smallest absolute Gasteiger partial charge is 0.275 e. The molecular formula is C16H25N2O2+. The van der Waals surface area contributed by atoms with Gasteiger partial charge in [-0.1, -0.05) is 30.3 Å². The van der Waals surface area contributed by atoms with Crippen LogP contribution >= 0.6 is 0 Å². The monoisotopic (exact) mass is 277 g/mol. The zero-order valence-corrected chi connectivity index (χ0v) is 12.2. The number of aryl methyl sites for hydroxylation is 1. The number of quaternary nitrogens is 1. The van der Waals surface area contributed by atoms with Gasteiger partial charge in [0.25, 0.3) is 5.91 Å². The SMILES string of the molecule is C[C@H](CCc1ccccc1)NC(=O)C[NH+]1CCOCC1. The second-order valence-corrected chi connectivity index (χ2v) is 5.53. The molecule has 2 N–H and O–H groups in total. The van der Waals surface area contributed by atoms with Crippen LogP contribution < -0.4 is 10.2 Å². The van der Waals surface area contributed by atoms with E-state index in [0.717, 1.165) is 39.1 Å². The molecule has 0 aromatic heterocycles. The van der Waals surface area contributed by atoms with Crippen LogP contribution in [0.25, 0.3) is 0 Å². The van der Waals surface area contributed by atoms with Crippen LogP contribution in [0.5, 0.6) is 0 Å². The molecule has 1 aliphatic rings. The fourth-order valence-corrected chi connectivity index (χ4v) is 2.49. The van der Waals surface area contributed by atoms with Crippen molar-refractivity contribution >= 4 is 5.91 Å². The molecule has 2 rings (SSSR count). The molecular weight excluding hydrogens is 252 g/mol. The third kappa shape index (κ3) is 5.31. The average Bonchev–Trinajstić information content (AvgIpc) is 2.47. The summed E-state index contributed by atoms with van der Waals surface area (Å²) in [6.07, 6.45) is 1.99. The zero-order chi connectivity index (χ0) is 14.2. The van der Waals surface area contributed by atoms with E-state index in [1.807, 2.05) is 6.07 Å². The van der Waals surface area contributed by atoms with E-state index in [1.165, 1.54) is 10.5 Å². The standard InChI is InChI=1S/C16H24N2O2/c1-14(7-8-15-5-3-2-4-6-15)17-16(19)13-18-9-11-20-12-10-18/h2-6,14H,7-13H2,1H3,(H,17,19)/p+1/t14-/m1/s1. The summed E-state index contributed by atoms with van der Waals surface area (Å²) >= 11 is 0. The van der Waals surface area contributed by atoms with E-state index in [2.05, 4.69) is 36.5 Å². The average molecular weight is 277 g/mol. The summed E-state index contributed by atoms with van der Waals surface area (Å²) in [5, 5.41) is 3.10. The number of hydrogen-bond donors (Lipinski definition) is 2. The van der Waals surface area contributed by atoms with E-state index in [-0.39, 0.29) is 11.9 Å².